The fraction of sp³-hybridized carbons (Fsp3) is 0.0833. The number of fused-ring (bicyclic) bond motifs is 1. The van der Waals surface area contributed by atoms with E-state index in [2.05, 4.69) is 25.3 Å². The minimum Gasteiger partial charge on any atom is -0.393 e. The molecule has 0 aliphatic rings. The lowest BCUT2D eigenvalue weighted by atomic mass is 10.1. The molecule has 0 fully saturated rings. The van der Waals surface area contributed by atoms with Gasteiger partial charge in [0.1, 0.15) is 17.5 Å². The summed E-state index contributed by atoms with van der Waals surface area (Å²) in [5.74, 6) is 0.556. The van der Waals surface area contributed by atoms with Crippen LogP contribution in [0.2, 0.25) is 0 Å². The van der Waals surface area contributed by atoms with Crippen molar-refractivity contribution in [2.24, 2.45) is 0 Å². The molecule has 0 radical (unpaired) electrons. The van der Waals surface area contributed by atoms with E-state index < -0.39 is 4.92 Å². The normalized spacial score (nSPS) is 10.7. The summed E-state index contributed by atoms with van der Waals surface area (Å²) in [5.41, 5.74) is 7.55. The number of aromatic amines is 1. The third-order valence-corrected chi connectivity index (χ3v) is 2.97. The lowest BCUT2D eigenvalue weighted by Crippen LogP contribution is -2.04. The second kappa shape index (κ2) is 5.04. The van der Waals surface area contributed by atoms with Crippen LogP contribution in [-0.4, -0.2) is 24.9 Å². The first-order valence-corrected chi connectivity index (χ1v) is 6.06. The molecule has 106 valence electrons. The largest absolute Gasteiger partial charge is 0.393 e. The SMILES string of the molecule is Nc1ccc(CNc2ncnc3[nH]cnc23)cc1[N+](=O)[O-]. The van der Waals surface area contributed by atoms with Crippen LogP contribution in [0.25, 0.3) is 11.2 Å². The van der Waals surface area contributed by atoms with Crippen molar-refractivity contribution in [3.8, 4) is 0 Å². The maximum Gasteiger partial charge on any atom is 0.292 e. The highest BCUT2D eigenvalue weighted by molar-refractivity contribution is 5.81. The molecule has 1 aromatic carbocycles. The molecule has 0 aliphatic heterocycles. The van der Waals surface area contributed by atoms with Gasteiger partial charge in [0.05, 0.1) is 11.3 Å². The highest BCUT2D eigenvalue weighted by atomic mass is 16.6. The summed E-state index contributed by atoms with van der Waals surface area (Å²) in [4.78, 5) is 25.5. The van der Waals surface area contributed by atoms with Crippen LogP contribution in [-0.2, 0) is 6.54 Å². The highest BCUT2D eigenvalue weighted by Crippen LogP contribution is 2.23. The van der Waals surface area contributed by atoms with Gasteiger partial charge < -0.3 is 16.0 Å². The van der Waals surface area contributed by atoms with Gasteiger partial charge in [-0.1, -0.05) is 6.07 Å². The molecule has 0 bridgehead atoms. The average molecular weight is 285 g/mol. The van der Waals surface area contributed by atoms with E-state index in [0.717, 1.165) is 5.56 Å². The van der Waals surface area contributed by atoms with Gasteiger partial charge in [-0.2, -0.15) is 0 Å². The Balaban J connectivity index is 1.83. The number of hydrogen-bond acceptors (Lipinski definition) is 7. The Kier molecular flexibility index (Phi) is 3.07. The molecule has 9 heteroatoms. The first-order chi connectivity index (χ1) is 10.1. The topological polar surface area (TPSA) is 136 Å². The summed E-state index contributed by atoms with van der Waals surface area (Å²) in [7, 11) is 0. The summed E-state index contributed by atoms with van der Waals surface area (Å²) in [6.07, 6.45) is 2.94. The molecule has 0 spiro atoms. The van der Waals surface area contributed by atoms with Crippen molar-refractivity contribution in [2.45, 2.75) is 6.54 Å². The molecular formula is C12H11N7O2. The fourth-order valence-electron chi connectivity index (χ4n) is 1.94. The van der Waals surface area contributed by atoms with E-state index in [1.807, 2.05) is 0 Å². The minimum absolute atomic E-state index is 0.109. The number of H-pyrrole nitrogens is 1. The summed E-state index contributed by atoms with van der Waals surface area (Å²) in [6.45, 7) is 0.361. The molecule has 2 aromatic heterocycles. The second-order valence-electron chi connectivity index (χ2n) is 4.33. The van der Waals surface area contributed by atoms with E-state index in [4.69, 9.17) is 5.73 Å². The van der Waals surface area contributed by atoms with Crippen molar-refractivity contribution < 1.29 is 4.92 Å². The fourth-order valence-corrected chi connectivity index (χ4v) is 1.94. The Labute approximate surface area is 118 Å². The summed E-state index contributed by atoms with van der Waals surface area (Å²) in [5, 5.41) is 13.9. The molecule has 0 atom stereocenters. The standard InChI is InChI=1S/C12H11N7O2/c13-8-2-1-7(3-9(8)19(20)21)4-14-11-10-12(16-5-15-10)18-6-17-11/h1-3,5-6H,4,13H2,(H2,14,15,16,17,18). The van der Waals surface area contributed by atoms with Crippen molar-refractivity contribution in [3.63, 3.8) is 0 Å². The van der Waals surface area contributed by atoms with E-state index in [0.29, 0.717) is 23.5 Å². The molecule has 0 aliphatic carbocycles. The van der Waals surface area contributed by atoms with Gasteiger partial charge in [-0.25, -0.2) is 15.0 Å². The van der Waals surface area contributed by atoms with Crippen molar-refractivity contribution in [2.75, 3.05) is 11.1 Å². The number of anilines is 2. The summed E-state index contributed by atoms with van der Waals surface area (Å²) in [6, 6.07) is 4.67. The monoisotopic (exact) mass is 285 g/mol. The van der Waals surface area contributed by atoms with Crippen LogP contribution in [0.4, 0.5) is 17.2 Å². The summed E-state index contributed by atoms with van der Waals surface area (Å²) < 4.78 is 0. The number of nitrogen functional groups attached to an aromatic ring is 1. The molecule has 0 unspecified atom stereocenters. The van der Waals surface area contributed by atoms with Crippen LogP contribution in [0, 0.1) is 10.1 Å². The van der Waals surface area contributed by atoms with E-state index in [1.165, 1.54) is 24.8 Å². The molecule has 0 saturated heterocycles. The highest BCUT2D eigenvalue weighted by Gasteiger charge is 2.12. The van der Waals surface area contributed by atoms with Crippen LogP contribution < -0.4 is 11.1 Å². The second-order valence-corrected chi connectivity index (χ2v) is 4.33. The van der Waals surface area contributed by atoms with Crippen molar-refractivity contribution in [1.29, 1.82) is 0 Å². The van der Waals surface area contributed by atoms with Crippen LogP contribution in [0.15, 0.2) is 30.9 Å². The quantitative estimate of drug-likeness (QED) is 0.375. The van der Waals surface area contributed by atoms with E-state index >= 15 is 0 Å². The number of imidazole rings is 1. The van der Waals surface area contributed by atoms with Gasteiger partial charge in [-0.3, -0.25) is 10.1 Å². The van der Waals surface area contributed by atoms with E-state index in [9.17, 15) is 10.1 Å². The van der Waals surface area contributed by atoms with Crippen LogP contribution in [0.3, 0.4) is 0 Å². The molecule has 3 aromatic rings. The van der Waals surface area contributed by atoms with Gasteiger partial charge in [0.15, 0.2) is 11.5 Å². The third-order valence-electron chi connectivity index (χ3n) is 2.97. The number of nitrogens with two attached hydrogens (primary N) is 1. The van der Waals surface area contributed by atoms with Crippen LogP contribution in [0.1, 0.15) is 5.56 Å². The number of aromatic nitrogens is 4. The lowest BCUT2D eigenvalue weighted by Gasteiger charge is -2.06. The molecule has 0 amide bonds. The Morgan fingerprint density at radius 1 is 1.33 bits per heavy atom. The third kappa shape index (κ3) is 2.43. The average Bonchev–Trinajstić information content (AvgIpc) is 2.95. The predicted molar refractivity (Wildman–Crippen MR) is 76.5 cm³/mol. The molecule has 21 heavy (non-hydrogen) atoms. The number of nitro groups is 1. The van der Waals surface area contributed by atoms with E-state index in [1.54, 1.807) is 6.07 Å². The predicted octanol–water partition coefficient (Wildman–Crippen LogP) is 1.46. The van der Waals surface area contributed by atoms with Gasteiger partial charge in [0, 0.05) is 12.6 Å². The van der Waals surface area contributed by atoms with Gasteiger partial charge in [-0.15, -0.1) is 0 Å². The zero-order valence-electron chi connectivity index (χ0n) is 10.8. The van der Waals surface area contributed by atoms with Gasteiger partial charge in [0.25, 0.3) is 5.69 Å². The number of nitrogens with one attached hydrogen (secondary N) is 2. The van der Waals surface area contributed by atoms with Crippen molar-refractivity contribution >= 4 is 28.4 Å². The first kappa shape index (κ1) is 12.8. The lowest BCUT2D eigenvalue weighted by molar-refractivity contribution is -0.383. The number of benzene rings is 1. The Morgan fingerprint density at radius 2 is 2.19 bits per heavy atom. The van der Waals surface area contributed by atoms with Gasteiger partial charge in [-0.05, 0) is 11.6 Å². The van der Waals surface area contributed by atoms with Gasteiger partial charge in [0.2, 0.25) is 0 Å². The summed E-state index contributed by atoms with van der Waals surface area (Å²) >= 11 is 0. The number of nitrogens with zero attached hydrogens (tertiary/aromatic N) is 4. The molecule has 3 rings (SSSR count). The molecule has 0 saturated carbocycles. The van der Waals surface area contributed by atoms with Crippen LogP contribution in [0.5, 0.6) is 0 Å². The number of nitro benzene ring substituents is 1. The Morgan fingerprint density at radius 3 is 3.00 bits per heavy atom. The number of hydrogen-bond donors (Lipinski definition) is 3. The van der Waals surface area contributed by atoms with Crippen molar-refractivity contribution in [1.82, 2.24) is 19.9 Å². The zero-order valence-corrected chi connectivity index (χ0v) is 10.8. The maximum atomic E-state index is 10.9. The smallest absolute Gasteiger partial charge is 0.292 e. The zero-order chi connectivity index (χ0) is 14.8. The molecule has 2 heterocycles. The Hall–Kier alpha value is -3.23. The van der Waals surface area contributed by atoms with Gasteiger partial charge >= 0.3 is 0 Å². The molecule has 9 nitrogen and oxygen atoms in total. The van der Waals surface area contributed by atoms with E-state index in [-0.39, 0.29) is 11.4 Å². The first-order valence-electron chi connectivity index (χ1n) is 6.06. The minimum atomic E-state index is -0.505. The van der Waals surface area contributed by atoms with Crippen molar-refractivity contribution in [3.05, 3.63) is 46.5 Å². The number of rotatable bonds is 4. The Bertz CT molecular complexity index is 814. The molecular weight excluding hydrogens is 274 g/mol. The maximum absolute atomic E-state index is 10.9. The molecule has 4 N–H and O–H groups in total. The van der Waals surface area contributed by atoms with Crippen LogP contribution >= 0.6 is 0 Å².